The van der Waals surface area contributed by atoms with Gasteiger partial charge in [-0.2, -0.15) is 0 Å². The number of nitrogens with zero attached hydrogens (tertiary/aromatic N) is 3. The number of piperidine rings is 1. The quantitative estimate of drug-likeness (QED) is 0.210. The van der Waals surface area contributed by atoms with Crippen molar-refractivity contribution in [2.24, 2.45) is 0 Å². The number of halogens is 4. The molecule has 1 N–H and O–H groups in total. The molecule has 0 unspecified atom stereocenters. The highest BCUT2D eigenvalue weighted by atomic mass is 35.5. The van der Waals surface area contributed by atoms with Gasteiger partial charge in [0.05, 0.1) is 20.3 Å². The Bertz CT molecular complexity index is 1670. The van der Waals surface area contributed by atoms with E-state index in [-0.39, 0.29) is 62.6 Å². The summed E-state index contributed by atoms with van der Waals surface area (Å²) in [5.41, 5.74) is -1.65. The van der Waals surface area contributed by atoms with Crippen molar-refractivity contribution in [2.75, 3.05) is 11.4 Å². The van der Waals surface area contributed by atoms with E-state index in [2.05, 4.69) is 10.1 Å². The smallest absolute Gasteiger partial charge is 0.344 e. The SMILES string of the molecule is CC[C@@H]1C[C@H](OC(=O)c2c(-c3c(Cl)cccc3Cl)noc2C2(F)CC2)CCN1c1nc2c(F)cc(C(=O)O)cc2s1. The number of thiazole rings is 1. The van der Waals surface area contributed by atoms with Crippen LogP contribution in [0.4, 0.5) is 13.9 Å². The van der Waals surface area contributed by atoms with E-state index in [1.807, 2.05) is 11.8 Å². The van der Waals surface area contributed by atoms with E-state index in [1.54, 1.807) is 18.2 Å². The maximum Gasteiger partial charge on any atom is 0.344 e. The summed E-state index contributed by atoms with van der Waals surface area (Å²) in [5, 5.41) is 14.3. The summed E-state index contributed by atoms with van der Waals surface area (Å²) in [5.74, 6) is -2.87. The molecule has 2 atom stereocenters. The molecule has 1 aliphatic heterocycles. The van der Waals surface area contributed by atoms with E-state index in [0.717, 1.165) is 6.07 Å². The van der Waals surface area contributed by atoms with Gasteiger partial charge in [-0.15, -0.1) is 0 Å². The number of carbonyl (C=O) groups excluding carboxylic acids is 1. The highest BCUT2D eigenvalue weighted by Gasteiger charge is 2.53. The Morgan fingerprint density at radius 3 is 2.66 bits per heavy atom. The number of ether oxygens (including phenoxy) is 1. The number of benzene rings is 2. The van der Waals surface area contributed by atoms with Crippen molar-refractivity contribution in [2.45, 2.75) is 56.8 Å². The summed E-state index contributed by atoms with van der Waals surface area (Å²) in [7, 11) is 0. The Hall–Kier alpha value is -3.28. The van der Waals surface area contributed by atoms with Gasteiger partial charge in [-0.1, -0.05) is 52.7 Å². The van der Waals surface area contributed by atoms with Crippen LogP contribution in [0.5, 0.6) is 0 Å². The lowest BCUT2D eigenvalue weighted by molar-refractivity contribution is 0.0202. The van der Waals surface area contributed by atoms with Gasteiger partial charge < -0.3 is 19.3 Å². The number of carboxylic acid groups (broad SMARTS) is 1. The molecular formula is C28H23Cl2F2N3O5S. The van der Waals surface area contributed by atoms with Gasteiger partial charge in [-0.05, 0) is 43.5 Å². The number of hydrogen-bond donors (Lipinski definition) is 1. The first-order valence-electron chi connectivity index (χ1n) is 13.0. The molecule has 1 saturated heterocycles. The van der Waals surface area contributed by atoms with Gasteiger partial charge in [0.1, 0.15) is 22.9 Å². The average Bonchev–Trinajstić information content (AvgIpc) is 3.33. The van der Waals surface area contributed by atoms with Crippen LogP contribution in [-0.4, -0.2) is 45.9 Å². The predicted octanol–water partition coefficient (Wildman–Crippen LogP) is 7.66. The second-order valence-electron chi connectivity index (χ2n) is 10.2. The molecule has 0 spiro atoms. The van der Waals surface area contributed by atoms with Crippen molar-refractivity contribution in [1.82, 2.24) is 10.1 Å². The maximum atomic E-state index is 15.2. The third kappa shape index (κ3) is 5.04. The molecule has 0 bridgehead atoms. The molecule has 2 fully saturated rings. The van der Waals surface area contributed by atoms with Crippen molar-refractivity contribution >= 4 is 61.8 Å². The minimum atomic E-state index is -1.80. The molecule has 2 aliphatic rings. The number of aromatic nitrogens is 2. The van der Waals surface area contributed by atoms with Crippen LogP contribution >= 0.6 is 34.5 Å². The van der Waals surface area contributed by atoms with Gasteiger partial charge in [0.25, 0.3) is 0 Å². The topological polar surface area (TPSA) is 106 Å². The molecular weight excluding hydrogens is 599 g/mol. The first-order valence-corrected chi connectivity index (χ1v) is 14.6. The maximum absolute atomic E-state index is 15.2. The molecule has 6 rings (SSSR count). The van der Waals surface area contributed by atoms with Gasteiger partial charge in [0, 0.05) is 31.0 Å². The fraction of sp³-hybridized carbons (Fsp3) is 0.357. The summed E-state index contributed by atoms with van der Waals surface area (Å²) in [4.78, 5) is 31.4. The minimum absolute atomic E-state index is 0.0336. The summed E-state index contributed by atoms with van der Waals surface area (Å²) < 4.78 is 41.5. The number of carbonyl (C=O) groups is 2. The number of rotatable bonds is 7. The molecule has 8 nitrogen and oxygen atoms in total. The minimum Gasteiger partial charge on any atom is -0.478 e. The van der Waals surface area contributed by atoms with Crippen molar-refractivity contribution in [3.8, 4) is 11.3 Å². The Labute approximate surface area is 246 Å². The van der Waals surface area contributed by atoms with Gasteiger partial charge in [0.2, 0.25) is 0 Å². The van der Waals surface area contributed by atoms with E-state index in [1.165, 1.54) is 17.4 Å². The molecule has 13 heteroatoms. The lowest BCUT2D eigenvalue weighted by Crippen LogP contribution is -2.45. The molecule has 2 aromatic carbocycles. The largest absolute Gasteiger partial charge is 0.478 e. The zero-order valence-electron chi connectivity index (χ0n) is 21.6. The fourth-order valence-corrected chi connectivity index (χ4v) is 6.90. The van der Waals surface area contributed by atoms with Crippen molar-refractivity contribution in [1.29, 1.82) is 0 Å². The summed E-state index contributed by atoms with van der Waals surface area (Å²) in [6, 6.07) is 7.10. The standard InChI is InChI=1S/C28H23Cl2F2N3O5S/c1-2-14-12-15(6-9-35(14)27-33-22-18(31)10-13(25(36)37)11-19(22)41-27)39-26(38)21-23(20-16(29)4-3-5-17(20)30)34-40-24(21)28(32)7-8-28/h3-5,10-11,14-15H,2,6-9,12H2,1H3,(H,36,37)/t14-,15-/m1/s1. The predicted molar refractivity (Wildman–Crippen MR) is 150 cm³/mol. The normalized spacial score (nSPS) is 19.9. The second-order valence-corrected chi connectivity index (χ2v) is 12.0. The molecule has 214 valence electrons. The van der Waals surface area contributed by atoms with Gasteiger partial charge in [-0.3, -0.25) is 0 Å². The first-order chi connectivity index (χ1) is 19.6. The lowest BCUT2D eigenvalue weighted by Gasteiger charge is -2.38. The van der Waals surface area contributed by atoms with Crippen LogP contribution in [0.2, 0.25) is 10.0 Å². The molecule has 4 aromatic rings. The van der Waals surface area contributed by atoms with E-state index < -0.39 is 29.5 Å². The third-order valence-electron chi connectivity index (χ3n) is 7.53. The Balaban J connectivity index is 1.25. The number of aromatic carboxylic acids is 1. The van der Waals surface area contributed by atoms with Gasteiger partial charge >= 0.3 is 11.9 Å². The van der Waals surface area contributed by atoms with Crippen LogP contribution in [0.15, 0.2) is 34.9 Å². The highest BCUT2D eigenvalue weighted by molar-refractivity contribution is 7.22. The van der Waals surface area contributed by atoms with E-state index in [9.17, 15) is 19.1 Å². The van der Waals surface area contributed by atoms with Crippen LogP contribution in [-0.2, 0) is 10.4 Å². The monoisotopic (exact) mass is 621 g/mol. The van der Waals surface area contributed by atoms with Crippen LogP contribution in [0.1, 0.15) is 65.5 Å². The summed E-state index contributed by atoms with van der Waals surface area (Å²) in [6.45, 7) is 2.43. The second kappa shape index (κ2) is 10.5. The number of carboxylic acids is 1. The highest BCUT2D eigenvalue weighted by Crippen LogP contribution is 2.53. The molecule has 1 aliphatic carbocycles. The van der Waals surface area contributed by atoms with Crippen molar-refractivity contribution in [3.05, 3.63) is 63.1 Å². The zero-order valence-corrected chi connectivity index (χ0v) is 24.0. The molecule has 3 heterocycles. The Morgan fingerprint density at radius 1 is 1.27 bits per heavy atom. The third-order valence-corrected chi connectivity index (χ3v) is 9.20. The van der Waals surface area contributed by atoms with Crippen LogP contribution in [0, 0.1) is 5.82 Å². The lowest BCUT2D eigenvalue weighted by atomic mass is 9.97. The fourth-order valence-electron chi connectivity index (χ4n) is 5.21. The van der Waals surface area contributed by atoms with E-state index >= 15 is 4.39 Å². The Kier molecular flexibility index (Phi) is 7.15. The summed E-state index contributed by atoms with van der Waals surface area (Å²) in [6.07, 6.45) is 1.46. The summed E-state index contributed by atoms with van der Waals surface area (Å²) >= 11 is 14.0. The first kappa shape index (κ1) is 27.9. The van der Waals surface area contributed by atoms with Crippen LogP contribution in [0.3, 0.4) is 0 Å². The van der Waals surface area contributed by atoms with Crippen LogP contribution < -0.4 is 4.90 Å². The molecule has 2 aromatic heterocycles. The van der Waals surface area contributed by atoms with Crippen LogP contribution in [0.25, 0.3) is 21.5 Å². The van der Waals surface area contributed by atoms with Crippen molar-refractivity contribution < 1.29 is 32.7 Å². The van der Waals surface area contributed by atoms with Gasteiger partial charge in [-0.25, -0.2) is 23.4 Å². The molecule has 41 heavy (non-hydrogen) atoms. The molecule has 0 radical (unpaired) electrons. The number of fused-ring (bicyclic) bond motifs is 1. The number of anilines is 1. The van der Waals surface area contributed by atoms with E-state index in [0.29, 0.717) is 35.6 Å². The molecule has 0 amide bonds. The number of alkyl halides is 1. The number of hydrogen-bond acceptors (Lipinski definition) is 8. The molecule has 1 saturated carbocycles. The van der Waals surface area contributed by atoms with Gasteiger partial charge in [0.15, 0.2) is 22.4 Å². The average molecular weight is 622 g/mol. The zero-order chi connectivity index (χ0) is 29.1. The van der Waals surface area contributed by atoms with Crippen molar-refractivity contribution in [3.63, 3.8) is 0 Å². The van der Waals surface area contributed by atoms with E-state index in [4.69, 9.17) is 32.5 Å². The number of esters is 1. The Morgan fingerprint density at radius 2 is 2.00 bits per heavy atom.